The molecule has 0 bridgehead atoms. The predicted molar refractivity (Wildman–Crippen MR) is 118 cm³/mol. The predicted octanol–water partition coefficient (Wildman–Crippen LogP) is 8.93. The average molecular weight is 358 g/mol. The zero-order valence-electron chi connectivity index (χ0n) is 17.9. The van der Waals surface area contributed by atoms with Crippen LogP contribution in [0.2, 0.25) is 0 Å². The molecule has 1 rings (SSSR count). The Morgan fingerprint density at radius 1 is 0.615 bits per heavy atom. The van der Waals surface area contributed by atoms with E-state index in [0.29, 0.717) is 0 Å². The van der Waals surface area contributed by atoms with Crippen LogP contribution in [0, 0.1) is 12.0 Å². The van der Waals surface area contributed by atoms with Crippen molar-refractivity contribution in [3.8, 4) is 0 Å². The lowest BCUT2D eigenvalue weighted by atomic mass is 9.89. The summed E-state index contributed by atoms with van der Waals surface area (Å²) in [6.07, 6.45) is 24.1. The van der Waals surface area contributed by atoms with E-state index in [1.807, 2.05) is 0 Å². The molecule has 1 unspecified atom stereocenters. The van der Waals surface area contributed by atoms with Gasteiger partial charge in [0.05, 0.1) is 0 Å². The first-order valence-electron chi connectivity index (χ1n) is 11.8. The molecule has 0 saturated heterocycles. The van der Waals surface area contributed by atoms with Crippen molar-refractivity contribution in [2.75, 3.05) is 0 Å². The van der Waals surface area contributed by atoms with Crippen LogP contribution in [0.4, 0.5) is 0 Å². The lowest BCUT2D eigenvalue weighted by Gasteiger charge is -2.17. The maximum absolute atomic E-state index is 3.16. The maximum atomic E-state index is 3.16. The Bertz CT molecular complexity index is 380. The van der Waals surface area contributed by atoms with Crippen molar-refractivity contribution >= 4 is 0 Å². The van der Waals surface area contributed by atoms with E-state index in [4.69, 9.17) is 0 Å². The highest BCUT2D eigenvalue weighted by Crippen LogP contribution is 2.23. The zero-order valence-corrected chi connectivity index (χ0v) is 17.9. The SMILES string of the molecule is CCCCCCCCCCC(CCCCCCCC)Cc1cc[c]cc1. The molecule has 0 aromatic heterocycles. The maximum Gasteiger partial charge on any atom is -0.0184 e. The third-order valence-electron chi connectivity index (χ3n) is 5.74. The summed E-state index contributed by atoms with van der Waals surface area (Å²) in [5.74, 6) is 0.892. The fourth-order valence-corrected chi connectivity index (χ4v) is 4.02. The molecule has 0 aliphatic heterocycles. The van der Waals surface area contributed by atoms with Crippen LogP contribution in [-0.4, -0.2) is 0 Å². The third-order valence-corrected chi connectivity index (χ3v) is 5.74. The summed E-state index contributed by atoms with van der Waals surface area (Å²) in [4.78, 5) is 0. The average Bonchev–Trinajstić information content (AvgIpc) is 2.67. The van der Waals surface area contributed by atoms with Gasteiger partial charge in [0, 0.05) is 0 Å². The van der Waals surface area contributed by atoms with Crippen molar-refractivity contribution < 1.29 is 0 Å². The molecule has 1 aromatic rings. The summed E-state index contributed by atoms with van der Waals surface area (Å²) < 4.78 is 0. The molecular formula is C26H45. The first-order chi connectivity index (χ1) is 12.9. The largest absolute Gasteiger partial charge is 0.0654 e. The van der Waals surface area contributed by atoms with Crippen molar-refractivity contribution in [3.63, 3.8) is 0 Å². The molecule has 0 heteroatoms. The number of rotatable bonds is 18. The van der Waals surface area contributed by atoms with Crippen molar-refractivity contribution in [1.82, 2.24) is 0 Å². The molecule has 26 heavy (non-hydrogen) atoms. The van der Waals surface area contributed by atoms with Crippen LogP contribution in [0.25, 0.3) is 0 Å². The molecule has 0 amide bonds. The van der Waals surface area contributed by atoms with Crippen LogP contribution in [0.5, 0.6) is 0 Å². The minimum atomic E-state index is 0.892. The van der Waals surface area contributed by atoms with Gasteiger partial charge in [-0.05, 0) is 24.0 Å². The Hall–Kier alpha value is -0.780. The number of hydrogen-bond donors (Lipinski definition) is 0. The summed E-state index contributed by atoms with van der Waals surface area (Å²) in [6, 6.07) is 11.8. The van der Waals surface area contributed by atoms with Gasteiger partial charge in [0.1, 0.15) is 0 Å². The smallest absolute Gasteiger partial charge is 0.0184 e. The standard InChI is InChI=1S/C26H45/c1-3-5-7-9-11-12-14-17-21-25(20-16-13-10-8-6-4-2)24-26-22-18-15-19-23-26/h18-19,22-23,25H,3-14,16-17,20-21,24H2,1-2H3. The van der Waals surface area contributed by atoms with E-state index in [-0.39, 0.29) is 0 Å². The molecular weight excluding hydrogens is 312 g/mol. The van der Waals surface area contributed by atoms with Gasteiger partial charge in [0.25, 0.3) is 0 Å². The topological polar surface area (TPSA) is 0 Å². The zero-order chi connectivity index (χ0) is 18.7. The van der Waals surface area contributed by atoms with E-state index >= 15 is 0 Å². The monoisotopic (exact) mass is 357 g/mol. The summed E-state index contributed by atoms with van der Waals surface area (Å²) in [5, 5.41) is 0. The molecule has 0 fully saturated rings. The Kier molecular flexibility index (Phi) is 15.8. The molecule has 1 radical (unpaired) electrons. The van der Waals surface area contributed by atoms with E-state index in [0.717, 1.165) is 5.92 Å². The van der Waals surface area contributed by atoms with E-state index in [1.54, 1.807) is 0 Å². The van der Waals surface area contributed by atoms with E-state index in [2.05, 4.69) is 44.2 Å². The number of benzene rings is 1. The lowest BCUT2D eigenvalue weighted by molar-refractivity contribution is 0.400. The van der Waals surface area contributed by atoms with E-state index in [9.17, 15) is 0 Å². The van der Waals surface area contributed by atoms with Crippen molar-refractivity contribution in [1.29, 1.82) is 0 Å². The van der Waals surface area contributed by atoms with Gasteiger partial charge < -0.3 is 0 Å². The molecule has 0 N–H and O–H groups in total. The van der Waals surface area contributed by atoms with Crippen LogP contribution in [0.3, 0.4) is 0 Å². The Morgan fingerprint density at radius 2 is 1.04 bits per heavy atom. The van der Waals surface area contributed by atoms with E-state index < -0.39 is 0 Å². The Morgan fingerprint density at radius 3 is 1.50 bits per heavy atom. The summed E-state index contributed by atoms with van der Waals surface area (Å²) >= 11 is 0. The second-order valence-corrected chi connectivity index (χ2v) is 8.30. The van der Waals surface area contributed by atoms with E-state index in [1.165, 1.54) is 115 Å². The highest BCUT2D eigenvalue weighted by Gasteiger charge is 2.09. The van der Waals surface area contributed by atoms with Crippen LogP contribution in [0.15, 0.2) is 24.3 Å². The van der Waals surface area contributed by atoms with Gasteiger partial charge in [0.15, 0.2) is 0 Å². The van der Waals surface area contributed by atoms with Gasteiger partial charge >= 0.3 is 0 Å². The molecule has 0 aliphatic rings. The summed E-state index contributed by atoms with van der Waals surface area (Å²) in [7, 11) is 0. The molecule has 1 aromatic carbocycles. The third kappa shape index (κ3) is 13.4. The molecule has 0 aliphatic carbocycles. The van der Waals surface area contributed by atoms with Gasteiger partial charge in [0.2, 0.25) is 0 Å². The second-order valence-electron chi connectivity index (χ2n) is 8.30. The normalized spacial score (nSPS) is 12.4. The van der Waals surface area contributed by atoms with Gasteiger partial charge in [-0.25, -0.2) is 0 Å². The van der Waals surface area contributed by atoms with Crippen LogP contribution in [-0.2, 0) is 6.42 Å². The van der Waals surface area contributed by atoms with Crippen molar-refractivity contribution in [3.05, 3.63) is 35.9 Å². The van der Waals surface area contributed by atoms with Crippen molar-refractivity contribution in [2.24, 2.45) is 5.92 Å². The summed E-state index contributed by atoms with van der Waals surface area (Å²) in [5.41, 5.74) is 1.51. The van der Waals surface area contributed by atoms with Crippen LogP contribution < -0.4 is 0 Å². The minimum Gasteiger partial charge on any atom is -0.0654 e. The first kappa shape index (κ1) is 23.3. The molecule has 0 nitrogen and oxygen atoms in total. The molecule has 0 spiro atoms. The molecule has 149 valence electrons. The fraction of sp³-hybridized carbons (Fsp3) is 0.769. The Labute approximate surface area is 165 Å². The fourth-order valence-electron chi connectivity index (χ4n) is 4.02. The molecule has 0 saturated carbocycles. The number of hydrogen-bond acceptors (Lipinski definition) is 0. The van der Waals surface area contributed by atoms with Gasteiger partial charge in [-0.2, -0.15) is 0 Å². The van der Waals surface area contributed by atoms with Crippen LogP contribution in [0.1, 0.15) is 122 Å². The highest BCUT2D eigenvalue weighted by atomic mass is 14.1. The number of unbranched alkanes of at least 4 members (excludes halogenated alkanes) is 12. The summed E-state index contributed by atoms with van der Waals surface area (Å²) in [6.45, 7) is 4.60. The van der Waals surface area contributed by atoms with Gasteiger partial charge in [-0.3, -0.25) is 0 Å². The minimum absolute atomic E-state index is 0.892. The van der Waals surface area contributed by atoms with Gasteiger partial charge in [-0.15, -0.1) is 0 Å². The molecule has 0 heterocycles. The highest BCUT2D eigenvalue weighted by molar-refractivity contribution is 5.14. The Balaban J connectivity index is 2.20. The quantitative estimate of drug-likeness (QED) is 0.230. The molecule has 1 atom stereocenters. The second kappa shape index (κ2) is 17.6. The van der Waals surface area contributed by atoms with Gasteiger partial charge in [-0.1, -0.05) is 141 Å². The lowest BCUT2D eigenvalue weighted by Crippen LogP contribution is -2.05. The van der Waals surface area contributed by atoms with Crippen LogP contribution >= 0.6 is 0 Å². The van der Waals surface area contributed by atoms with Crippen molar-refractivity contribution in [2.45, 2.75) is 123 Å². The first-order valence-corrected chi connectivity index (χ1v) is 11.8.